The lowest BCUT2D eigenvalue weighted by Crippen LogP contribution is -2.24. The first-order chi connectivity index (χ1) is 9.97. The molecule has 0 aliphatic carbocycles. The van der Waals surface area contributed by atoms with Crippen LogP contribution in [-0.4, -0.2) is 11.9 Å². The fraction of sp³-hybridized carbons (Fsp3) is 0.125. The van der Waals surface area contributed by atoms with Crippen molar-refractivity contribution < 1.29 is 4.79 Å². The normalized spacial score (nSPS) is 10.2. The zero-order valence-corrected chi connectivity index (χ0v) is 12.4. The van der Waals surface area contributed by atoms with Crippen LogP contribution in [-0.2, 0) is 11.2 Å². The monoisotopic (exact) mass is 301 g/mol. The number of halogens is 1. The van der Waals surface area contributed by atoms with E-state index < -0.39 is 5.91 Å². The summed E-state index contributed by atoms with van der Waals surface area (Å²) in [6.07, 6.45) is 0.0993. The number of nitrogens with two attached hydrogens (primary N) is 2. The number of amides is 1. The van der Waals surface area contributed by atoms with Gasteiger partial charge in [0, 0.05) is 5.02 Å². The Morgan fingerprint density at radius 2 is 1.86 bits per heavy atom. The van der Waals surface area contributed by atoms with Crippen LogP contribution in [0.15, 0.2) is 47.5 Å². The van der Waals surface area contributed by atoms with Gasteiger partial charge in [-0.05, 0) is 41.3 Å². The fourth-order valence-corrected chi connectivity index (χ4v) is 2.39. The summed E-state index contributed by atoms with van der Waals surface area (Å²) in [6, 6.07) is 13.4. The van der Waals surface area contributed by atoms with Gasteiger partial charge in [-0.15, -0.1) is 0 Å². The molecule has 0 saturated heterocycles. The van der Waals surface area contributed by atoms with Gasteiger partial charge >= 0.3 is 0 Å². The third-order valence-electron chi connectivity index (χ3n) is 3.10. The van der Waals surface area contributed by atoms with Crippen molar-refractivity contribution in [2.75, 3.05) is 0 Å². The number of nitrogens with zero attached hydrogens (tertiary/aromatic N) is 1. The Morgan fingerprint density at radius 1 is 1.14 bits per heavy atom. The van der Waals surface area contributed by atoms with Crippen LogP contribution in [0.4, 0.5) is 0 Å². The fourth-order valence-electron chi connectivity index (χ4n) is 2.19. The lowest BCUT2D eigenvalue weighted by Gasteiger charge is -2.11. The first-order valence-corrected chi connectivity index (χ1v) is 6.82. The molecule has 0 saturated carbocycles. The molecule has 0 unspecified atom stereocenters. The zero-order chi connectivity index (χ0) is 15.4. The maximum Gasteiger partial charge on any atom is 0.253 e. The second kappa shape index (κ2) is 6.41. The van der Waals surface area contributed by atoms with E-state index in [9.17, 15) is 4.79 Å². The van der Waals surface area contributed by atoms with Crippen LogP contribution in [0.3, 0.4) is 0 Å². The van der Waals surface area contributed by atoms with Crippen molar-refractivity contribution >= 4 is 23.5 Å². The Morgan fingerprint density at radius 3 is 2.52 bits per heavy atom. The average Bonchev–Trinajstić information content (AvgIpc) is 2.39. The number of carbonyl (C=O) groups excluding carboxylic acids is 1. The van der Waals surface area contributed by atoms with E-state index >= 15 is 0 Å². The number of aryl methyl sites for hydroxylation is 1. The summed E-state index contributed by atoms with van der Waals surface area (Å²) in [5.41, 5.74) is 14.4. The summed E-state index contributed by atoms with van der Waals surface area (Å²) in [7, 11) is 0. The molecule has 0 aliphatic heterocycles. The van der Waals surface area contributed by atoms with Gasteiger partial charge in [0.1, 0.15) is 0 Å². The molecule has 0 bridgehead atoms. The van der Waals surface area contributed by atoms with Crippen molar-refractivity contribution in [2.24, 2.45) is 16.5 Å². The number of rotatable bonds is 3. The lowest BCUT2D eigenvalue weighted by atomic mass is 9.94. The molecule has 21 heavy (non-hydrogen) atoms. The predicted octanol–water partition coefficient (Wildman–Crippen LogP) is 2.66. The van der Waals surface area contributed by atoms with Gasteiger partial charge in [0.2, 0.25) is 0 Å². The molecule has 0 radical (unpaired) electrons. The molecule has 0 aliphatic rings. The van der Waals surface area contributed by atoms with Crippen LogP contribution < -0.4 is 11.5 Å². The molecule has 4 N–H and O–H groups in total. The molecule has 1 amide bonds. The Bertz CT molecular complexity index is 706. The highest BCUT2D eigenvalue weighted by molar-refractivity contribution is 6.30. The van der Waals surface area contributed by atoms with E-state index in [4.69, 9.17) is 23.1 Å². The molecule has 0 heterocycles. The quantitative estimate of drug-likeness (QED) is 0.675. The van der Waals surface area contributed by atoms with Gasteiger partial charge < -0.3 is 11.5 Å². The Balaban J connectivity index is 2.46. The number of aliphatic imine (C=N–C) groups is 1. The van der Waals surface area contributed by atoms with Crippen LogP contribution in [0.2, 0.25) is 5.02 Å². The van der Waals surface area contributed by atoms with E-state index in [1.54, 1.807) is 12.1 Å². The van der Waals surface area contributed by atoms with E-state index in [1.165, 1.54) is 0 Å². The van der Waals surface area contributed by atoms with Crippen molar-refractivity contribution in [2.45, 2.75) is 13.3 Å². The second-order valence-corrected chi connectivity index (χ2v) is 5.16. The van der Waals surface area contributed by atoms with Gasteiger partial charge in [0.15, 0.2) is 5.96 Å². The zero-order valence-electron chi connectivity index (χ0n) is 11.6. The minimum Gasteiger partial charge on any atom is -0.370 e. The standard InChI is InChI=1S/C16H16ClN3O/c1-10-4-2-3-5-13(10)14-7-6-12(17)8-11(14)9-15(21)20-16(18)19/h2-8H,9H2,1H3,(H4,18,19,20,21). The summed E-state index contributed by atoms with van der Waals surface area (Å²) in [6.45, 7) is 2.02. The molecule has 0 fully saturated rings. The second-order valence-electron chi connectivity index (χ2n) is 4.72. The van der Waals surface area contributed by atoms with Gasteiger partial charge in [-0.25, -0.2) is 0 Å². The Labute approximate surface area is 128 Å². The topological polar surface area (TPSA) is 81.5 Å². The van der Waals surface area contributed by atoms with Crippen LogP contribution >= 0.6 is 11.6 Å². The average molecular weight is 302 g/mol. The molecule has 0 spiro atoms. The minimum absolute atomic E-state index is 0.0993. The molecule has 2 rings (SSSR count). The van der Waals surface area contributed by atoms with Crippen molar-refractivity contribution in [3.8, 4) is 11.1 Å². The summed E-state index contributed by atoms with van der Waals surface area (Å²) in [4.78, 5) is 15.4. The van der Waals surface area contributed by atoms with E-state index in [0.717, 1.165) is 22.3 Å². The van der Waals surface area contributed by atoms with Gasteiger partial charge in [-0.3, -0.25) is 4.79 Å². The number of hydrogen-bond donors (Lipinski definition) is 2. The van der Waals surface area contributed by atoms with E-state index in [2.05, 4.69) is 4.99 Å². The van der Waals surface area contributed by atoms with E-state index in [0.29, 0.717) is 5.02 Å². The van der Waals surface area contributed by atoms with Crippen LogP contribution in [0, 0.1) is 6.92 Å². The summed E-state index contributed by atoms with van der Waals surface area (Å²) in [5, 5.41) is 0.569. The summed E-state index contributed by atoms with van der Waals surface area (Å²) < 4.78 is 0. The van der Waals surface area contributed by atoms with Crippen LogP contribution in [0.25, 0.3) is 11.1 Å². The number of benzene rings is 2. The minimum atomic E-state index is -0.396. The molecule has 0 atom stereocenters. The first-order valence-electron chi connectivity index (χ1n) is 6.44. The summed E-state index contributed by atoms with van der Waals surface area (Å²) in [5.74, 6) is -0.633. The maximum atomic E-state index is 11.8. The Hall–Kier alpha value is -2.33. The predicted molar refractivity (Wildman–Crippen MR) is 86.1 cm³/mol. The number of guanidine groups is 1. The Kier molecular flexibility index (Phi) is 4.60. The maximum absolute atomic E-state index is 11.8. The molecular weight excluding hydrogens is 286 g/mol. The van der Waals surface area contributed by atoms with Gasteiger partial charge in [-0.1, -0.05) is 41.9 Å². The van der Waals surface area contributed by atoms with Gasteiger partial charge in [0.25, 0.3) is 5.91 Å². The molecule has 0 aromatic heterocycles. The number of hydrogen-bond acceptors (Lipinski definition) is 1. The molecule has 2 aromatic carbocycles. The highest BCUT2D eigenvalue weighted by Crippen LogP contribution is 2.29. The first kappa shape index (κ1) is 15.1. The van der Waals surface area contributed by atoms with E-state index in [-0.39, 0.29) is 12.4 Å². The van der Waals surface area contributed by atoms with Crippen molar-refractivity contribution in [3.63, 3.8) is 0 Å². The number of carbonyl (C=O) groups is 1. The molecule has 108 valence electrons. The molecule has 2 aromatic rings. The third-order valence-corrected chi connectivity index (χ3v) is 3.33. The smallest absolute Gasteiger partial charge is 0.253 e. The summed E-state index contributed by atoms with van der Waals surface area (Å²) >= 11 is 6.04. The van der Waals surface area contributed by atoms with Crippen molar-refractivity contribution in [3.05, 3.63) is 58.6 Å². The van der Waals surface area contributed by atoms with Crippen LogP contribution in [0.1, 0.15) is 11.1 Å². The molecule has 4 nitrogen and oxygen atoms in total. The SMILES string of the molecule is Cc1ccccc1-c1ccc(Cl)cc1CC(=O)N=C(N)N. The lowest BCUT2D eigenvalue weighted by molar-refractivity contribution is -0.117. The molecular formula is C16H16ClN3O. The van der Waals surface area contributed by atoms with E-state index in [1.807, 2.05) is 37.3 Å². The highest BCUT2D eigenvalue weighted by Gasteiger charge is 2.11. The van der Waals surface area contributed by atoms with Gasteiger partial charge in [-0.2, -0.15) is 4.99 Å². The van der Waals surface area contributed by atoms with Crippen LogP contribution in [0.5, 0.6) is 0 Å². The highest BCUT2D eigenvalue weighted by atomic mass is 35.5. The van der Waals surface area contributed by atoms with Crippen molar-refractivity contribution in [1.82, 2.24) is 0 Å². The van der Waals surface area contributed by atoms with Crippen molar-refractivity contribution in [1.29, 1.82) is 0 Å². The largest absolute Gasteiger partial charge is 0.370 e. The van der Waals surface area contributed by atoms with Gasteiger partial charge in [0.05, 0.1) is 6.42 Å². The third kappa shape index (κ3) is 3.83. The molecule has 5 heteroatoms.